The van der Waals surface area contributed by atoms with E-state index in [-0.39, 0.29) is 5.92 Å². The Morgan fingerprint density at radius 1 is 1.18 bits per heavy atom. The van der Waals surface area contributed by atoms with E-state index in [2.05, 4.69) is 37.0 Å². The van der Waals surface area contributed by atoms with Crippen molar-refractivity contribution in [3.05, 3.63) is 65.0 Å². The van der Waals surface area contributed by atoms with Crippen LogP contribution in [0.4, 0.5) is 0 Å². The molecule has 1 aromatic carbocycles. The number of aryl methyl sites for hydroxylation is 2. The van der Waals surface area contributed by atoms with Crippen molar-refractivity contribution >= 4 is 0 Å². The fourth-order valence-corrected chi connectivity index (χ4v) is 2.21. The van der Waals surface area contributed by atoms with Crippen molar-refractivity contribution in [2.75, 3.05) is 6.54 Å². The topological polar surface area (TPSA) is 38.9 Å². The quantitative estimate of drug-likeness (QED) is 0.874. The fourth-order valence-electron chi connectivity index (χ4n) is 2.21. The molecule has 2 nitrogen and oxygen atoms in total. The highest BCUT2D eigenvalue weighted by Gasteiger charge is 2.15. The van der Waals surface area contributed by atoms with Crippen LogP contribution in [0, 0.1) is 13.8 Å². The summed E-state index contributed by atoms with van der Waals surface area (Å²) in [6, 6.07) is 12.5. The first-order valence-electron chi connectivity index (χ1n) is 5.90. The van der Waals surface area contributed by atoms with Gasteiger partial charge in [-0.3, -0.25) is 4.98 Å². The second-order valence-corrected chi connectivity index (χ2v) is 4.40. The second kappa shape index (κ2) is 5.11. The van der Waals surface area contributed by atoms with Crippen molar-refractivity contribution in [1.29, 1.82) is 0 Å². The largest absolute Gasteiger partial charge is 0.329 e. The van der Waals surface area contributed by atoms with E-state index in [1.165, 1.54) is 16.7 Å². The monoisotopic (exact) mass is 226 g/mol. The first-order chi connectivity index (χ1) is 8.22. The maximum atomic E-state index is 5.90. The first-order valence-corrected chi connectivity index (χ1v) is 5.90. The Bertz CT molecular complexity index is 492. The summed E-state index contributed by atoms with van der Waals surface area (Å²) in [6.45, 7) is 4.82. The van der Waals surface area contributed by atoms with E-state index in [9.17, 15) is 0 Å². The van der Waals surface area contributed by atoms with E-state index in [0.29, 0.717) is 6.54 Å². The first kappa shape index (κ1) is 11.8. The molecule has 1 aromatic heterocycles. The van der Waals surface area contributed by atoms with Gasteiger partial charge in [-0.1, -0.05) is 29.8 Å². The van der Waals surface area contributed by atoms with Crippen molar-refractivity contribution in [2.45, 2.75) is 19.8 Å². The van der Waals surface area contributed by atoms with Crippen LogP contribution in [0.2, 0.25) is 0 Å². The summed E-state index contributed by atoms with van der Waals surface area (Å²) in [4.78, 5) is 4.41. The van der Waals surface area contributed by atoms with Crippen LogP contribution in [-0.2, 0) is 0 Å². The smallest absolute Gasteiger partial charge is 0.0491 e. The Kier molecular flexibility index (Phi) is 3.55. The number of benzene rings is 1. The van der Waals surface area contributed by atoms with Crippen molar-refractivity contribution in [3.8, 4) is 0 Å². The van der Waals surface area contributed by atoms with E-state index in [0.717, 1.165) is 5.69 Å². The third kappa shape index (κ3) is 2.53. The lowest BCUT2D eigenvalue weighted by Gasteiger charge is -2.17. The van der Waals surface area contributed by atoms with Gasteiger partial charge in [-0.05, 0) is 37.1 Å². The van der Waals surface area contributed by atoms with E-state index in [4.69, 9.17) is 5.73 Å². The molecule has 0 radical (unpaired) electrons. The minimum Gasteiger partial charge on any atom is -0.329 e. The summed E-state index contributed by atoms with van der Waals surface area (Å²) in [6.07, 6.45) is 1.82. The van der Waals surface area contributed by atoms with Crippen LogP contribution in [0.25, 0.3) is 0 Å². The summed E-state index contributed by atoms with van der Waals surface area (Å²) >= 11 is 0. The molecule has 0 aliphatic rings. The summed E-state index contributed by atoms with van der Waals surface area (Å²) in [5.74, 6) is 0.191. The Labute approximate surface area is 103 Å². The minimum absolute atomic E-state index is 0.191. The SMILES string of the molecule is Cc1ccc([C@@H](CN)c2ccccn2)c(C)c1. The van der Waals surface area contributed by atoms with Gasteiger partial charge >= 0.3 is 0 Å². The highest BCUT2D eigenvalue weighted by atomic mass is 14.7. The van der Waals surface area contributed by atoms with Crippen molar-refractivity contribution in [2.24, 2.45) is 5.73 Å². The van der Waals surface area contributed by atoms with Gasteiger partial charge in [0.05, 0.1) is 0 Å². The predicted octanol–water partition coefficient (Wildman–Crippen LogP) is 2.79. The summed E-state index contributed by atoms with van der Waals surface area (Å²) < 4.78 is 0. The normalized spacial score (nSPS) is 12.4. The molecule has 2 rings (SSSR count). The lowest BCUT2D eigenvalue weighted by molar-refractivity contribution is 0.781. The molecule has 0 saturated heterocycles. The Balaban J connectivity index is 2.42. The molecule has 0 unspecified atom stereocenters. The molecular formula is C15H18N2. The number of hydrogen-bond donors (Lipinski definition) is 1. The van der Waals surface area contributed by atoms with Gasteiger partial charge in [-0.2, -0.15) is 0 Å². The zero-order chi connectivity index (χ0) is 12.3. The van der Waals surface area contributed by atoms with Crippen LogP contribution in [0.5, 0.6) is 0 Å². The molecule has 0 amide bonds. The lowest BCUT2D eigenvalue weighted by atomic mass is 9.91. The zero-order valence-corrected chi connectivity index (χ0v) is 10.4. The van der Waals surface area contributed by atoms with Crippen LogP contribution < -0.4 is 5.73 Å². The third-order valence-electron chi connectivity index (χ3n) is 3.08. The number of rotatable bonds is 3. The van der Waals surface area contributed by atoms with E-state index in [1.54, 1.807) is 0 Å². The van der Waals surface area contributed by atoms with E-state index < -0.39 is 0 Å². The molecule has 0 aliphatic carbocycles. The molecule has 2 heteroatoms. The molecule has 0 bridgehead atoms. The van der Waals surface area contributed by atoms with Crippen molar-refractivity contribution in [1.82, 2.24) is 4.98 Å². The molecule has 1 heterocycles. The standard InChI is InChI=1S/C15H18N2/c1-11-6-7-13(12(2)9-11)14(10-16)15-5-3-4-8-17-15/h3-9,14H,10,16H2,1-2H3/t14-/m1/s1. The Morgan fingerprint density at radius 2 is 2.00 bits per heavy atom. The average molecular weight is 226 g/mol. The summed E-state index contributed by atoms with van der Waals surface area (Å²) in [7, 11) is 0. The number of nitrogens with zero attached hydrogens (tertiary/aromatic N) is 1. The number of hydrogen-bond acceptors (Lipinski definition) is 2. The molecule has 88 valence electrons. The molecule has 0 aliphatic heterocycles. The Morgan fingerprint density at radius 3 is 2.59 bits per heavy atom. The predicted molar refractivity (Wildman–Crippen MR) is 71.1 cm³/mol. The van der Waals surface area contributed by atoms with Gasteiger partial charge in [0.25, 0.3) is 0 Å². The van der Waals surface area contributed by atoms with E-state index in [1.807, 2.05) is 24.4 Å². The minimum atomic E-state index is 0.191. The fraction of sp³-hybridized carbons (Fsp3) is 0.267. The summed E-state index contributed by atoms with van der Waals surface area (Å²) in [5.41, 5.74) is 10.8. The highest BCUT2D eigenvalue weighted by molar-refractivity contribution is 5.37. The maximum absolute atomic E-state index is 5.90. The Hall–Kier alpha value is -1.67. The molecular weight excluding hydrogens is 208 g/mol. The van der Waals surface area contributed by atoms with Crippen molar-refractivity contribution in [3.63, 3.8) is 0 Å². The lowest BCUT2D eigenvalue weighted by Crippen LogP contribution is -2.16. The molecule has 0 spiro atoms. The third-order valence-corrected chi connectivity index (χ3v) is 3.08. The highest BCUT2D eigenvalue weighted by Crippen LogP contribution is 2.25. The van der Waals surface area contributed by atoms with Crippen LogP contribution in [-0.4, -0.2) is 11.5 Å². The van der Waals surface area contributed by atoms with E-state index >= 15 is 0 Å². The van der Waals surface area contributed by atoms with Gasteiger partial charge in [0.1, 0.15) is 0 Å². The maximum Gasteiger partial charge on any atom is 0.0491 e. The van der Waals surface area contributed by atoms with Gasteiger partial charge in [-0.25, -0.2) is 0 Å². The zero-order valence-electron chi connectivity index (χ0n) is 10.4. The summed E-state index contributed by atoms with van der Waals surface area (Å²) in [5, 5.41) is 0. The molecule has 1 atom stereocenters. The van der Waals surface area contributed by atoms with Gasteiger partial charge in [0, 0.05) is 24.4 Å². The van der Waals surface area contributed by atoms with Crippen LogP contribution >= 0.6 is 0 Å². The number of pyridine rings is 1. The molecule has 0 saturated carbocycles. The van der Waals surface area contributed by atoms with Crippen LogP contribution in [0.15, 0.2) is 42.6 Å². The van der Waals surface area contributed by atoms with Crippen LogP contribution in [0.3, 0.4) is 0 Å². The van der Waals surface area contributed by atoms with Gasteiger partial charge in [-0.15, -0.1) is 0 Å². The number of nitrogens with two attached hydrogens (primary N) is 1. The van der Waals surface area contributed by atoms with Crippen LogP contribution in [0.1, 0.15) is 28.3 Å². The molecule has 2 N–H and O–H groups in total. The van der Waals surface area contributed by atoms with Gasteiger partial charge in [0.2, 0.25) is 0 Å². The average Bonchev–Trinajstić information content (AvgIpc) is 2.34. The van der Waals surface area contributed by atoms with Crippen molar-refractivity contribution < 1.29 is 0 Å². The van der Waals surface area contributed by atoms with Gasteiger partial charge in [0.15, 0.2) is 0 Å². The number of aromatic nitrogens is 1. The second-order valence-electron chi connectivity index (χ2n) is 4.40. The van der Waals surface area contributed by atoms with Gasteiger partial charge < -0.3 is 5.73 Å². The molecule has 17 heavy (non-hydrogen) atoms. The molecule has 2 aromatic rings. The molecule has 0 fully saturated rings.